The average Bonchev–Trinajstić information content (AvgIpc) is 3.34. The lowest BCUT2D eigenvalue weighted by Crippen LogP contribution is -2.26. The fourth-order valence-corrected chi connectivity index (χ4v) is 4.87. The van der Waals surface area contributed by atoms with Crippen LogP contribution in [-0.4, -0.2) is 39.8 Å². The van der Waals surface area contributed by atoms with E-state index in [0.29, 0.717) is 24.5 Å². The molecule has 1 fully saturated rings. The Morgan fingerprint density at radius 3 is 2.84 bits per heavy atom. The van der Waals surface area contributed by atoms with Gasteiger partial charge in [0.1, 0.15) is 0 Å². The lowest BCUT2D eigenvalue weighted by Gasteiger charge is -2.12. The number of hydrogen-bond donors (Lipinski definition) is 1. The zero-order valence-corrected chi connectivity index (χ0v) is 15.2. The summed E-state index contributed by atoms with van der Waals surface area (Å²) in [5.74, 6) is 1.02. The molecule has 2 aliphatic heterocycles. The summed E-state index contributed by atoms with van der Waals surface area (Å²) >= 11 is 1.62. The fraction of sp³-hybridized carbons (Fsp3) is 0.438. The zero-order valence-electron chi connectivity index (χ0n) is 13.6. The molecular formula is C16H19N3O4S2. The molecular weight excluding hydrogens is 362 g/mol. The first kappa shape index (κ1) is 16.6. The fourth-order valence-electron chi connectivity index (χ4n) is 2.91. The number of thiazole rings is 1. The molecule has 134 valence electrons. The normalized spacial score (nSPS) is 16.6. The van der Waals surface area contributed by atoms with E-state index < -0.39 is 10.0 Å². The molecule has 9 heteroatoms. The number of anilines is 1. The highest BCUT2D eigenvalue weighted by Crippen LogP contribution is 2.33. The topological polar surface area (TPSA) is 80.8 Å². The molecule has 4 rings (SSSR count). The Hall–Kier alpha value is -1.84. The Kier molecular flexibility index (Phi) is 4.53. The largest absolute Gasteiger partial charge is 0.454 e. The van der Waals surface area contributed by atoms with Gasteiger partial charge in [-0.25, -0.2) is 18.1 Å². The van der Waals surface area contributed by atoms with Gasteiger partial charge in [0.15, 0.2) is 16.6 Å². The van der Waals surface area contributed by atoms with E-state index in [4.69, 9.17) is 9.47 Å². The summed E-state index contributed by atoms with van der Waals surface area (Å²) in [5.41, 5.74) is 0.917. The minimum absolute atomic E-state index is 0.120. The smallest absolute Gasteiger partial charge is 0.240 e. The SMILES string of the molecule is O=S(=O)(NCCc1csc(N2CCCC2)n1)c1ccc2c(c1)OCO2. The number of fused-ring (bicyclic) bond motifs is 1. The van der Waals surface area contributed by atoms with Crippen LogP contribution in [-0.2, 0) is 16.4 Å². The molecule has 3 heterocycles. The van der Waals surface area contributed by atoms with E-state index in [2.05, 4.69) is 14.6 Å². The second kappa shape index (κ2) is 6.81. The Bertz CT molecular complexity index is 860. The Morgan fingerprint density at radius 2 is 2.00 bits per heavy atom. The van der Waals surface area contributed by atoms with Crippen molar-refractivity contribution < 1.29 is 17.9 Å². The summed E-state index contributed by atoms with van der Waals surface area (Å²) < 4.78 is 37.9. The van der Waals surface area contributed by atoms with Gasteiger partial charge in [0.2, 0.25) is 16.8 Å². The Morgan fingerprint density at radius 1 is 1.20 bits per heavy atom. The van der Waals surface area contributed by atoms with E-state index in [1.165, 1.54) is 25.0 Å². The van der Waals surface area contributed by atoms with Crippen molar-refractivity contribution in [1.29, 1.82) is 0 Å². The third kappa shape index (κ3) is 3.58. The molecule has 0 atom stereocenters. The van der Waals surface area contributed by atoms with Crippen molar-refractivity contribution in [3.8, 4) is 11.5 Å². The highest BCUT2D eigenvalue weighted by Gasteiger charge is 2.20. The van der Waals surface area contributed by atoms with Gasteiger partial charge in [-0.1, -0.05) is 0 Å². The number of benzene rings is 1. The minimum Gasteiger partial charge on any atom is -0.454 e. The predicted octanol–water partition coefficient (Wildman–Crippen LogP) is 1.99. The first-order valence-electron chi connectivity index (χ1n) is 8.20. The van der Waals surface area contributed by atoms with Gasteiger partial charge in [0, 0.05) is 37.5 Å². The average molecular weight is 381 g/mol. The number of nitrogens with one attached hydrogen (secondary N) is 1. The van der Waals surface area contributed by atoms with Crippen LogP contribution in [0.3, 0.4) is 0 Å². The highest BCUT2D eigenvalue weighted by atomic mass is 32.2. The summed E-state index contributed by atoms with van der Waals surface area (Å²) in [5, 5.41) is 3.04. The molecule has 1 aromatic carbocycles. The van der Waals surface area contributed by atoms with Gasteiger partial charge in [-0.15, -0.1) is 11.3 Å². The van der Waals surface area contributed by atoms with Crippen LogP contribution in [0.2, 0.25) is 0 Å². The zero-order chi connectivity index (χ0) is 17.3. The summed E-state index contributed by atoms with van der Waals surface area (Å²) in [6.45, 7) is 2.54. The first-order chi connectivity index (χ1) is 12.1. The van der Waals surface area contributed by atoms with E-state index in [9.17, 15) is 8.42 Å². The van der Waals surface area contributed by atoms with Gasteiger partial charge in [-0.05, 0) is 25.0 Å². The summed E-state index contributed by atoms with van der Waals surface area (Å²) in [6, 6.07) is 4.61. The van der Waals surface area contributed by atoms with E-state index in [1.54, 1.807) is 17.4 Å². The predicted molar refractivity (Wildman–Crippen MR) is 95.0 cm³/mol. The molecule has 1 saturated heterocycles. The highest BCUT2D eigenvalue weighted by molar-refractivity contribution is 7.89. The molecule has 0 radical (unpaired) electrons. The molecule has 0 aliphatic carbocycles. The summed E-state index contributed by atoms with van der Waals surface area (Å²) in [4.78, 5) is 7.06. The van der Waals surface area contributed by atoms with Gasteiger partial charge in [-0.2, -0.15) is 0 Å². The Balaban J connectivity index is 1.36. The third-order valence-electron chi connectivity index (χ3n) is 4.24. The van der Waals surface area contributed by atoms with Gasteiger partial charge < -0.3 is 14.4 Å². The van der Waals surface area contributed by atoms with E-state index in [1.807, 2.05) is 5.38 Å². The molecule has 1 N–H and O–H groups in total. The molecule has 0 spiro atoms. The molecule has 0 unspecified atom stereocenters. The van der Waals surface area contributed by atoms with Crippen LogP contribution >= 0.6 is 11.3 Å². The van der Waals surface area contributed by atoms with Crippen molar-refractivity contribution in [3.63, 3.8) is 0 Å². The summed E-state index contributed by atoms with van der Waals surface area (Å²) in [7, 11) is -3.58. The van der Waals surface area contributed by atoms with E-state index >= 15 is 0 Å². The van der Waals surface area contributed by atoms with Gasteiger partial charge >= 0.3 is 0 Å². The van der Waals surface area contributed by atoms with Crippen LogP contribution in [0, 0.1) is 0 Å². The molecule has 1 aromatic heterocycles. The molecule has 7 nitrogen and oxygen atoms in total. The summed E-state index contributed by atoms with van der Waals surface area (Å²) in [6.07, 6.45) is 2.99. The number of ether oxygens (including phenoxy) is 2. The van der Waals surface area contributed by atoms with Crippen LogP contribution in [0.5, 0.6) is 11.5 Å². The van der Waals surface area contributed by atoms with Crippen LogP contribution in [0.1, 0.15) is 18.5 Å². The lowest BCUT2D eigenvalue weighted by molar-refractivity contribution is 0.174. The Labute approximate surface area is 150 Å². The van der Waals surface area contributed by atoms with Gasteiger partial charge in [0.05, 0.1) is 10.6 Å². The number of rotatable bonds is 6. The molecule has 25 heavy (non-hydrogen) atoms. The van der Waals surface area contributed by atoms with Gasteiger partial charge in [0.25, 0.3) is 0 Å². The third-order valence-corrected chi connectivity index (χ3v) is 6.65. The number of aromatic nitrogens is 1. The van der Waals surface area contributed by atoms with Crippen molar-refractivity contribution in [1.82, 2.24) is 9.71 Å². The van der Waals surface area contributed by atoms with Crippen molar-refractivity contribution in [3.05, 3.63) is 29.3 Å². The van der Waals surface area contributed by atoms with E-state index in [-0.39, 0.29) is 11.7 Å². The van der Waals surface area contributed by atoms with Crippen LogP contribution in [0.4, 0.5) is 5.13 Å². The maximum absolute atomic E-state index is 12.4. The van der Waals surface area contributed by atoms with Crippen LogP contribution in [0.25, 0.3) is 0 Å². The van der Waals surface area contributed by atoms with Crippen molar-refractivity contribution >= 4 is 26.5 Å². The van der Waals surface area contributed by atoms with Crippen molar-refractivity contribution in [2.45, 2.75) is 24.2 Å². The number of nitrogens with zero attached hydrogens (tertiary/aromatic N) is 2. The second-order valence-corrected chi connectivity index (χ2v) is 8.58. The standard InChI is InChI=1S/C16H19N3O4S2/c20-25(21,13-3-4-14-15(9-13)23-11-22-14)17-6-5-12-10-24-16(18-12)19-7-1-2-8-19/h3-4,9-10,17H,1-2,5-8,11H2. The number of hydrogen-bond acceptors (Lipinski definition) is 7. The maximum Gasteiger partial charge on any atom is 0.240 e. The van der Waals surface area contributed by atoms with Crippen LogP contribution < -0.4 is 19.1 Å². The lowest BCUT2D eigenvalue weighted by atomic mass is 10.3. The molecule has 2 aromatic rings. The molecule has 0 bridgehead atoms. The first-order valence-corrected chi connectivity index (χ1v) is 10.6. The van der Waals surface area contributed by atoms with E-state index in [0.717, 1.165) is 23.9 Å². The number of sulfonamides is 1. The minimum atomic E-state index is -3.58. The van der Waals surface area contributed by atoms with Crippen molar-refractivity contribution in [2.75, 3.05) is 31.3 Å². The quantitative estimate of drug-likeness (QED) is 0.824. The second-order valence-electron chi connectivity index (χ2n) is 5.98. The van der Waals surface area contributed by atoms with Crippen LogP contribution in [0.15, 0.2) is 28.5 Å². The van der Waals surface area contributed by atoms with Gasteiger partial charge in [-0.3, -0.25) is 0 Å². The molecule has 2 aliphatic rings. The van der Waals surface area contributed by atoms with Crippen molar-refractivity contribution in [2.24, 2.45) is 0 Å². The monoisotopic (exact) mass is 381 g/mol. The molecule has 0 saturated carbocycles. The maximum atomic E-state index is 12.4. The molecule has 0 amide bonds.